The first kappa shape index (κ1) is 16.3. The van der Waals surface area contributed by atoms with E-state index in [9.17, 15) is 19.5 Å². The first-order valence-electron chi connectivity index (χ1n) is 6.83. The van der Waals surface area contributed by atoms with Crippen molar-refractivity contribution in [3.63, 3.8) is 0 Å². The number of urea groups is 1. The van der Waals surface area contributed by atoms with Crippen LogP contribution in [0.2, 0.25) is 0 Å². The van der Waals surface area contributed by atoms with Gasteiger partial charge in [-0.2, -0.15) is 0 Å². The number of nitrogens with zero attached hydrogens (tertiary/aromatic N) is 1. The molecule has 0 aromatic rings. The van der Waals surface area contributed by atoms with Crippen LogP contribution in [-0.4, -0.2) is 54.1 Å². The summed E-state index contributed by atoms with van der Waals surface area (Å²) < 4.78 is 0. The molecule has 0 saturated heterocycles. The monoisotopic (exact) mass is 285 g/mol. The number of carboxylic acids is 1. The Morgan fingerprint density at radius 2 is 2.05 bits per heavy atom. The third kappa shape index (κ3) is 3.61. The number of likely N-dealkylation sites (N-methyl/N-ethyl adjacent to an activating group) is 2. The number of carbonyl (C=O) groups is 3. The summed E-state index contributed by atoms with van der Waals surface area (Å²) in [6, 6.07) is -0.820. The lowest BCUT2D eigenvalue weighted by Gasteiger charge is -2.29. The first-order chi connectivity index (χ1) is 9.31. The molecule has 0 aliphatic heterocycles. The van der Waals surface area contributed by atoms with Crippen molar-refractivity contribution in [2.24, 2.45) is 5.41 Å². The van der Waals surface area contributed by atoms with E-state index in [1.165, 1.54) is 11.9 Å². The first-order valence-corrected chi connectivity index (χ1v) is 6.83. The molecule has 0 aromatic heterocycles. The van der Waals surface area contributed by atoms with Crippen LogP contribution in [-0.2, 0) is 9.59 Å². The number of nitrogens with one attached hydrogen (secondary N) is 2. The zero-order chi connectivity index (χ0) is 15.3. The summed E-state index contributed by atoms with van der Waals surface area (Å²) in [5, 5.41) is 14.6. The Morgan fingerprint density at radius 3 is 2.60 bits per heavy atom. The number of amides is 3. The number of aliphatic carboxylic acids is 1. The standard InChI is InChI=1S/C13H23N3O4/c1-4-14-10(17)8-16(3)12(20)15-9-6-5-7-13(9,2)11(18)19/h9H,4-8H2,1-3H3,(H,14,17)(H,15,20)(H,18,19). The van der Waals surface area contributed by atoms with Crippen LogP contribution < -0.4 is 10.6 Å². The van der Waals surface area contributed by atoms with Gasteiger partial charge >= 0.3 is 12.0 Å². The Balaban J connectivity index is 2.57. The van der Waals surface area contributed by atoms with Gasteiger partial charge in [0.1, 0.15) is 6.54 Å². The summed E-state index contributed by atoms with van der Waals surface area (Å²) in [5.41, 5.74) is -0.928. The minimum Gasteiger partial charge on any atom is -0.481 e. The topological polar surface area (TPSA) is 98.7 Å². The maximum atomic E-state index is 12.0. The summed E-state index contributed by atoms with van der Waals surface area (Å²) >= 11 is 0. The Labute approximate surface area is 118 Å². The van der Waals surface area contributed by atoms with Gasteiger partial charge in [-0.05, 0) is 26.7 Å². The molecule has 2 atom stereocenters. The number of carbonyl (C=O) groups excluding carboxylic acids is 2. The van der Waals surface area contributed by atoms with Gasteiger partial charge in [-0.1, -0.05) is 6.42 Å². The lowest BCUT2D eigenvalue weighted by molar-refractivity contribution is -0.148. The second kappa shape index (κ2) is 6.58. The van der Waals surface area contributed by atoms with E-state index in [-0.39, 0.29) is 12.5 Å². The molecule has 0 bridgehead atoms. The van der Waals surface area contributed by atoms with Crippen molar-refractivity contribution in [1.82, 2.24) is 15.5 Å². The zero-order valence-electron chi connectivity index (χ0n) is 12.2. The molecule has 3 amide bonds. The van der Waals surface area contributed by atoms with Gasteiger partial charge in [0.25, 0.3) is 0 Å². The van der Waals surface area contributed by atoms with Crippen LogP contribution in [0.4, 0.5) is 4.79 Å². The van der Waals surface area contributed by atoms with Gasteiger partial charge in [-0.15, -0.1) is 0 Å². The van der Waals surface area contributed by atoms with Gasteiger partial charge < -0.3 is 20.6 Å². The number of hydrogen-bond donors (Lipinski definition) is 3. The third-order valence-corrected chi connectivity index (χ3v) is 3.85. The second-order valence-electron chi connectivity index (χ2n) is 5.43. The van der Waals surface area contributed by atoms with E-state index in [1.54, 1.807) is 13.8 Å². The van der Waals surface area contributed by atoms with E-state index < -0.39 is 23.5 Å². The fraction of sp³-hybridized carbons (Fsp3) is 0.769. The largest absolute Gasteiger partial charge is 0.481 e. The molecule has 1 rings (SSSR count). The molecule has 0 spiro atoms. The second-order valence-corrected chi connectivity index (χ2v) is 5.43. The van der Waals surface area contributed by atoms with E-state index in [4.69, 9.17) is 0 Å². The normalized spacial score (nSPS) is 25.1. The molecule has 1 saturated carbocycles. The maximum absolute atomic E-state index is 12.0. The molecule has 1 aliphatic carbocycles. The third-order valence-electron chi connectivity index (χ3n) is 3.85. The van der Waals surface area contributed by atoms with Crippen molar-refractivity contribution in [3.8, 4) is 0 Å². The average Bonchev–Trinajstić information content (AvgIpc) is 2.72. The molecule has 2 unspecified atom stereocenters. The molecular formula is C13H23N3O4. The van der Waals surface area contributed by atoms with E-state index in [1.807, 2.05) is 0 Å². The van der Waals surface area contributed by atoms with Crippen LogP contribution in [0.1, 0.15) is 33.1 Å². The summed E-state index contributed by atoms with van der Waals surface area (Å²) in [7, 11) is 1.51. The Hall–Kier alpha value is -1.79. The SMILES string of the molecule is CCNC(=O)CN(C)C(=O)NC1CCCC1(C)C(=O)O. The molecule has 1 aliphatic rings. The molecule has 7 nitrogen and oxygen atoms in total. The van der Waals surface area contributed by atoms with E-state index >= 15 is 0 Å². The molecule has 7 heteroatoms. The average molecular weight is 285 g/mol. The van der Waals surface area contributed by atoms with Crippen molar-refractivity contribution >= 4 is 17.9 Å². The molecule has 0 radical (unpaired) electrons. The quantitative estimate of drug-likeness (QED) is 0.681. The van der Waals surface area contributed by atoms with Crippen LogP contribution in [0.15, 0.2) is 0 Å². The summed E-state index contributed by atoms with van der Waals surface area (Å²) in [6.07, 6.45) is 1.96. The van der Waals surface area contributed by atoms with Crippen molar-refractivity contribution in [2.75, 3.05) is 20.1 Å². The molecule has 114 valence electrons. The fourth-order valence-electron chi connectivity index (χ4n) is 2.45. The van der Waals surface area contributed by atoms with Gasteiger partial charge in [-0.3, -0.25) is 9.59 Å². The molecular weight excluding hydrogens is 262 g/mol. The van der Waals surface area contributed by atoms with Crippen LogP contribution in [0, 0.1) is 5.41 Å². The molecule has 1 fully saturated rings. The maximum Gasteiger partial charge on any atom is 0.317 e. The summed E-state index contributed by atoms with van der Waals surface area (Å²) in [5.74, 6) is -1.13. The highest BCUT2D eigenvalue weighted by atomic mass is 16.4. The lowest BCUT2D eigenvalue weighted by atomic mass is 9.85. The van der Waals surface area contributed by atoms with E-state index in [0.717, 1.165) is 6.42 Å². The Morgan fingerprint density at radius 1 is 1.40 bits per heavy atom. The van der Waals surface area contributed by atoms with Crippen molar-refractivity contribution in [1.29, 1.82) is 0 Å². The summed E-state index contributed by atoms with van der Waals surface area (Å²) in [6.45, 7) is 3.91. The van der Waals surface area contributed by atoms with E-state index in [2.05, 4.69) is 10.6 Å². The van der Waals surface area contributed by atoms with Gasteiger partial charge in [0, 0.05) is 19.6 Å². The van der Waals surface area contributed by atoms with Crippen molar-refractivity contribution < 1.29 is 19.5 Å². The Kier molecular flexibility index (Phi) is 5.35. The predicted octanol–water partition coefficient (Wildman–Crippen LogP) is 0.407. The molecule has 3 N–H and O–H groups in total. The Bertz CT molecular complexity index is 399. The highest BCUT2D eigenvalue weighted by Crippen LogP contribution is 2.38. The van der Waals surface area contributed by atoms with Gasteiger partial charge in [0.2, 0.25) is 5.91 Å². The predicted molar refractivity (Wildman–Crippen MR) is 73.2 cm³/mol. The molecule has 20 heavy (non-hydrogen) atoms. The van der Waals surface area contributed by atoms with Gasteiger partial charge in [0.05, 0.1) is 5.41 Å². The van der Waals surface area contributed by atoms with Crippen molar-refractivity contribution in [3.05, 3.63) is 0 Å². The highest BCUT2D eigenvalue weighted by molar-refractivity contribution is 5.84. The molecule has 0 aromatic carbocycles. The van der Waals surface area contributed by atoms with Crippen LogP contribution in [0.3, 0.4) is 0 Å². The van der Waals surface area contributed by atoms with Gasteiger partial charge in [0.15, 0.2) is 0 Å². The minimum atomic E-state index is -0.928. The number of rotatable bonds is 5. The lowest BCUT2D eigenvalue weighted by Crippen LogP contribution is -2.52. The zero-order valence-corrected chi connectivity index (χ0v) is 12.2. The van der Waals surface area contributed by atoms with Crippen molar-refractivity contribution in [2.45, 2.75) is 39.2 Å². The number of carboxylic acid groups (broad SMARTS) is 1. The van der Waals surface area contributed by atoms with Crippen LogP contribution >= 0.6 is 0 Å². The van der Waals surface area contributed by atoms with E-state index in [0.29, 0.717) is 19.4 Å². The highest BCUT2D eigenvalue weighted by Gasteiger charge is 2.46. The summed E-state index contributed by atoms with van der Waals surface area (Å²) in [4.78, 5) is 36.0. The minimum absolute atomic E-state index is 0.0455. The van der Waals surface area contributed by atoms with Crippen LogP contribution in [0.25, 0.3) is 0 Å². The molecule has 0 heterocycles. The fourth-order valence-corrected chi connectivity index (χ4v) is 2.45. The smallest absolute Gasteiger partial charge is 0.317 e. The van der Waals surface area contributed by atoms with Crippen LogP contribution in [0.5, 0.6) is 0 Å². The number of hydrogen-bond acceptors (Lipinski definition) is 3. The van der Waals surface area contributed by atoms with Gasteiger partial charge in [-0.25, -0.2) is 4.79 Å².